The number of aryl methyl sites for hydroxylation is 1. The van der Waals surface area contributed by atoms with Crippen LogP contribution in [-0.4, -0.2) is 12.0 Å². The van der Waals surface area contributed by atoms with E-state index < -0.39 is 0 Å². The summed E-state index contributed by atoms with van der Waals surface area (Å²) in [5.74, 6) is -0.182. The van der Waals surface area contributed by atoms with Gasteiger partial charge in [0.05, 0.1) is 0 Å². The van der Waals surface area contributed by atoms with Crippen molar-refractivity contribution in [2.24, 2.45) is 0 Å². The topological polar surface area (TPSA) is 27.8 Å². The number of aromatic amines is 1. The van der Waals surface area contributed by atoms with Crippen LogP contribution in [0.2, 0.25) is 0 Å². The molecule has 0 spiro atoms. The van der Waals surface area contributed by atoms with E-state index in [0.717, 1.165) is 21.9 Å². The molecule has 0 radical (unpaired) electrons. The highest BCUT2D eigenvalue weighted by molar-refractivity contribution is 7.99. The van der Waals surface area contributed by atoms with Gasteiger partial charge in [-0.3, -0.25) is 0 Å². The fourth-order valence-electron chi connectivity index (χ4n) is 2.45. The molecule has 2 aromatic carbocycles. The predicted octanol–water partition coefficient (Wildman–Crippen LogP) is 4.49. The van der Waals surface area contributed by atoms with Crippen molar-refractivity contribution in [2.75, 3.05) is 7.05 Å². The molecule has 3 aromatic rings. The number of hydrogen-bond acceptors (Lipinski definition) is 2. The number of hydrogen-bond donors (Lipinski definition) is 2. The lowest BCUT2D eigenvalue weighted by atomic mass is 10.1. The summed E-state index contributed by atoms with van der Waals surface area (Å²) in [7, 11) is 1.93. The third-order valence-electron chi connectivity index (χ3n) is 3.42. The predicted molar refractivity (Wildman–Crippen MR) is 86.3 cm³/mol. The highest BCUT2D eigenvalue weighted by Crippen LogP contribution is 2.36. The van der Waals surface area contributed by atoms with Gasteiger partial charge in [0, 0.05) is 33.4 Å². The van der Waals surface area contributed by atoms with Gasteiger partial charge in [0.25, 0.3) is 0 Å². The first-order chi connectivity index (χ1) is 10.2. The van der Waals surface area contributed by atoms with Crippen LogP contribution in [-0.2, 0) is 6.54 Å². The Kier molecular flexibility index (Phi) is 3.99. The summed E-state index contributed by atoms with van der Waals surface area (Å²) in [5, 5.41) is 3.85. The van der Waals surface area contributed by atoms with Gasteiger partial charge in [-0.15, -0.1) is 0 Å². The molecule has 0 saturated carbocycles. The van der Waals surface area contributed by atoms with Gasteiger partial charge in [-0.2, -0.15) is 0 Å². The third kappa shape index (κ3) is 2.82. The van der Waals surface area contributed by atoms with Crippen LogP contribution in [0, 0.1) is 12.7 Å². The fourth-order valence-corrected chi connectivity index (χ4v) is 3.51. The van der Waals surface area contributed by atoms with E-state index in [1.807, 2.05) is 19.3 Å². The van der Waals surface area contributed by atoms with Crippen molar-refractivity contribution in [1.29, 1.82) is 0 Å². The number of halogens is 1. The summed E-state index contributed by atoms with van der Waals surface area (Å²) < 4.78 is 14.0. The Morgan fingerprint density at radius 2 is 2.05 bits per heavy atom. The largest absolute Gasteiger partial charge is 0.360 e. The molecule has 0 aliphatic carbocycles. The third-order valence-corrected chi connectivity index (χ3v) is 4.58. The lowest BCUT2D eigenvalue weighted by Gasteiger charge is -2.09. The summed E-state index contributed by atoms with van der Waals surface area (Å²) in [5.41, 5.74) is 3.29. The summed E-state index contributed by atoms with van der Waals surface area (Å²) in [6.45, 7) is 2.88. The Hall–Kier alpha value is -1.78. The van der Waals surface area contributed by atoms with Gasteiger partial charge in [0.1, 0.15) is 5.82 Å². The van der Waals surface area contributed by atoms with Crippen molar-refractivity contribution >= 4 is 22.7 Å². The Morgan fingerprint density at radius 3 is 2.86 bits per heavy atom. The SMILES string of the molecule is CNCc1cc(C)ccc1Sc1c[nH]c2cccc(F)c12. The number of rotatable bonds is 4. The molecule has 0 aliphatic rings. The van der Waals surface area contributed by atoms with E-state index in [1.165, 1.54) is 17.2 Å². The van der Waals surface area contributed by atoms with Gasteiger partial charge in [-0.1, -0.05) is 35.5 Å². The molecule has 4 heteroatoms. The van der Waals surface area contributed by atoms with Crippen LogP contribution in [0.5, 0.6) is 0 Å². The molecule has 0 atom stereocenters. The Balaban J connectivity index is 2.03. The summed E-state index contributed by atoms with van der Waals surface area (Å²) in [6, 6.07) is 11.5. The van der Waals surface area contributed by atoms with Crippen molar-refractivity contribution < 1.29 is 4.39 Å². The van der Waals surface area contributed by atoms with E-state index in [9.17, 15) is 4.39 Å². The van der Waals surface area contributed by atoms with Crippen molar-refractivity contribution in [3.05, 3.63) is 59.5 Å². The van der Waals surface area contributed by atoms with Crippen LogP contribution in [0.4, 0.5) is 4.39 Å². The molecule has 0 fully saturated rings. The molecule has 1 heterocycles. The molecule has 2 nitrogen and oxygen atoms in total. The molecule has 1 aromatic heterocycles. The Bertz CT molecular complexity index is 780. The number of aromatic nitrogens is 1. The van der Waals surface area contributed by atoms with Crippen LogP contribution in [0.15, 0.2) is 52.4 Å². The Morgan fingerprint density at radius 1 is 1.19 bits per heavy atom. The van der Waals surface area contributed by atoms with Crippen molar-refractivity contribution in [3.63, 3.8) is 0 Å². The zero-order chi connectivity index (χ0) is 14.8. The first kappa shape index (κ1) is 14.2. The lowest BCUT2D eigenvalue weighted by molar-refractivity contribution is 0.638. The average molecular weight is 300 g/mol. The minimum Gasteiger partial charge on any atom is -0.360 e. The standard InChI is InChI=1S/C17H17FN2S/c1-11-6-7-15(12(8-11)9-19-2)21-16-10-20-14-5-3-4-13(18)17(14)16/h3-8,10,19-20H,9H2,1-2H3. The van der Waals surface area contributed by atoms with Gasteiger partial charge in [0.2, 0.25) is 0 Å². The molecule has 3 rings (SSSR count). The quantitative estimate of drug-likeness (QED) is 0.743. The van der Waals surface area contributed by atoms with Gasteiger partial charge >= 0.3 is 0 Å². The second-order valence-corrected chi connectivity index (χ2v) is 6.14. The number of H-pyrrole nitrogens is 1. The smallest absolute Gasteiger partial charge is 0.133 e. The zero-order valence-corrected chi connectivity index (χ0v) is 12.9. The average Bonchev–Trinajstić information content (AvgIpc) is 2.87. The maximum atomic E-state index is 14.0. The minimum absolute atomic E-state index is 0.182. The van der Waals surface area contributed by atoms with Crippen molar-refractivity contribution in [1.82, 2.24) is 10.3 Å². The van der Waals surface area contributed by atoms with Gasteiger partial charge in [0.15, 0.2) is 0 Å². The second kappa shape index (κ2) is 5.92. The van der Waals surface area contributed by atoms with E-state index in [1.54, 1.807) is 17.8 Å². The minimum atomic E-state index is -0.182. The van der Waals surface area contributed by atoms with E-state index in [0.29, 0.717) is 5.39 Å². The first-order valence-corrected chi connectivity index (χ1v) is 7.68. The highest BCUT2D eigenvalue weighted by Gasteiger charge is 2.11. The van der Waals surface area contributed by atoms with Gasteiger partial charge < -0.3 is 10.3 Å². The van der Waals surface area contributed by atoms with Gasteiger partial charge in [-0.25, -0.2) is 4.39 Å². The maximum Gasteiger partial charge on any atom is 0.133 e. The first-order valence-electron chi connectivity index (χ1n) is 6.86. The lowest BCUT2D eigenvalue weighted by Crippen LogP contribution is -2.06. The van der Waals surface area contributed by atoms with E-state index in [4.69, 9.17) is 0 Å². The molecule has 0 amide bonds. The van der Waals surface area contributed by atoms with Crippen LogP contribution in [0.3, 0.4) is 0 Å². The molecular formula is C17H17FN2S. The van der Waals surface area contributed by atoms with E-state index >= 15 is 0 Å². The van der Waals surface area contributed by atoms with E-state index in [2.05, 4.69) is 35.4 Å². The number of nitrogens with one attached hydrogen (secondary N) is 2. The van der Waals surface area contributed by atoms with E-state index in [-0.39, 0.29) is 5.82 Å². The molecular weight excluding hydrogens is 283 g/mol. The molecule has 0 saturated heterocycles. The van der Waals surface area contributed by atoms with Crippen LogP contribution in [0.25, 0.3) is 10.9 Å². The summed E-state index contributed by atoms with van der Waals surface area (Å²) in [6.07, 6.45) is 1.88. The normalized spacial score (nSPS) is 11.2. The molecule has 0 unspecified atom stereocenters. The van der Waals surface area contributed by atoms with Crippen LogP contribution >= 0.6 is 11.8 Å². The van der Waals surface area contributed by atoms with Crippen molar-refractivity contribution in [3.8, 4) is 0 Å². The molecule has 0 bridgehead atoms. The monoisotopic (exact) mass is 300 g/mol. The molecule has 0 aliphatic heterocycles. The van der Waals surface area contributed by atoms with Gasteiger partial charge in [-0.05, 0) is 37.7 Å². The van der Waals surface area contributed by atoms with Crippen LogP contribution < -0.4 is 5.32 Å². The summed E-state index contributed by atoms with van der Waals surface area (Å²) >= 11 is 1.60. The fraction of sp³-hybridized carbons (Fsp3) is 0.176. The molecule has 2 N–H and O–H groups in total. The second-order valence-electron chi connectivity index (χ2n) is 5.06. The maximum absolute atomic E-state index is 14.0. The summed E-state index contributed by atoms with van der Waals surface area (Å²) in [4.78, 5) is 5.21. The highest BCUT2D eigenvalue weighted by atomic mass is 32.2. The van der Waals surface area contributed by atoms with Crippen LogP contribution in [0.1, 0.15) is 11.1 Å². The number of fused-ring (bicyclic) bond motifs is 1. The Labute approximate surface area is 127 Å². The zero-order valence-electron chi connectivity index (χ0n) is 12.0. The molecule has 21 heavy (non-hydrogen) atoms. The molecule has 108 valence electrons. The number of benzene rings is 2. The van der Waals surface area contributed by atoms with Crippen molar-refractivity contribution in [2.45, 2.75) is 23.3 Å².